The zero-order valence-corrected chi connectivity index (χ0v) is 18.2. The second-order valence-corrected chi connectivity index (χ2v) is 7.65. The third kappa shape index (κ3) is 5.19. The zero-order chi connectivity index (χ0) is 21.5. The molecule has 0 amide bonds. The van der Waals surface area contributed by atoms with Crippen LogP contribution in [0.25, 0.3) is 0 Å². The van der Waals surface area contributed by atoms with Gasteiger partial charge in [-0.05, 0) is 41.0 Å². The van der Waals surface area contributed by atoms with Crippen LogP contribution >= 0.6 is 0 Å². The number of benzene rings is 3. The van der Waals surface area contributed by atoms with Gasteiger partial charge in [-0.3, -0.25) is 4.90 Å². The Kier molecular flexibility index (Phi) is 7.07. The van der Waals surface area contributed by atoms with Crippen molar-refractivity contribution in [2.24, 2.45) is 0 Å². The second kappa shape index (κ2) is 10.3. The van der Waals surface area contributed by atoms with Crippen LogP contribution in [0.1, 0.15) is 22.7 Å². The van der Waals surface area contributed by atoms with Crippen LogP contribution in [-0.4, -0.2) is 45.3 Å². The fraction of sp³-hybridized carbons (Fsp3) is 0.308. The van der Waals surface area contributed by atoms with Crippen LogP contribution in [0.2, 0.25) is 0 Å². The average molecular weight is 419 g/mol. The van der Waals surface area contributed by atoms with Crippen LogP contribution < -0.4 is 19.5 Å². The Bertz CT molecular complexity index is 954. The summed E-state index contributed by atoms with van der Waals surface area (Å²) in [7, 11) is 3.39. The number of hydrogen-bond acceptors (Lipinski definition) is 5. The highest BCUT2D eigenvalue weighted by Crippen LogP contribution is 2.36. The Balaban J connectivity index is 1.62. The van der Waals surface area contributed by atoms with E-state index in [4.69, 9.17) is 14.2 Å². The topological polar surface area (TPSA) is 43.0 Å². The van der Waals surface area contributed by atoms with Gasteiger partial charge in [-0.2, -0.15) is 0 Å². The maximum atomic E-state index is 6.07. The minimum absolute atomic E-state index is 0.144. The van der Waals surface area contributed by atoms with Gasteiger partial charge in [0, 0.05) is 26.2 Å². The zero-order valence-electron chi connectivity index (χ0n) is 18.2. The van der Waals surface area contributed by atoms with E-state index in [0.717, 1.165) is 49.0 Å². The molecule has 5 heteroatoms. The monoisotopic (exact) mass is 418 g/mol. The minimum atomic E-state index is 0.144. The van der Waals surface area contributed by atoms with E-state index in [1.54, 1.807) is 14.2 Å². The maximum absolute atomic E-state index is 6.07. The first-order chi connectivity index (χ1) is 15.3. The number of piperazine rings is 1. The summed E-state index contributed by atoms with van der Waals surface area (Å²) in [4.78, 5) is 2.51. The number of hydrogen-bond donors (Lipinski definition) is 1. The molecule has 1 fully saturated rings. The Hall–Kier alpha value is -3.02. The minimum Gasteiger partial charge on any atom is -0.497 e. The van der Waals surface area contributed by atoms with Crippen molar-refractivity contribution in [3.63, 3.8) is 0 Å². The molecule has 1 aliphatic rings. The van der Waals surface area contributed by atoms with Crippen molar-refractivity contribution >= 4 is 0 Å². The first-order valence-electron chi connectivity index (χ1n) is 10.7. The molecule has 1 N–H and O–H groups in total. The number of rotatable bonds is 8. The second-order valence-electron chi connectivity index (χ2n) is 7.65. The fourth-order valence-corrected chi connectivity index (χ4v) is 4.05. The smallest absolute Gasteiger partial charge is 0.161 e. The van der Waals surface area contributed by atoms with Gasteiger partial charge < -0.3 is 19.5 Å². The van der Waals surface area contributed by atoms with Crippen LogP contribution in [0.15, 0.2) is 72.8 Å². The highest BCUT2D eigenvalue weighted by Gasteiger charge is 2.25. The molecule has 0 aliphatic carbocycles. The Morgan fingerprint density at radius 3 is 2.19 bits per heavy atom. The van der Waals surface area contributed by atoms with Gasteiger partial charge in [0.1, 0.15) is 12.4 Å². The third-order valence-electron chi connectivity index (χ3n) is 5.69. The van der Waals surface area contributed by atoms with Gasteiger partial charge in [-0.25, -0.2) is 0 Å². The van der Waals surface area contributed by atoms with Gasteiger partial charge in [0.15, 0.2) is 11.5 Å². The van der Waals surface area contributed by atoms with Crippen molar-refractivity contribution in [3.8, 4) is 17.2 Å². The maximum Gasteiger partial charge on any atom is 0.161 e. The molecule has 3 aromatic rings. The van der Waals surface area contributed by atoms with Gasteiger partial charge >= 0.3 is 0 Å². The summed E-state index contributed by atoms with van der Waals surface area (Å²) in [6.45, 7) is 4.47. The molecule has 0 aromatic heterocycles. The van der Waals surface area contributed by atoms with E-state index < -0.39 is 0 Å². The van der Waals surface area contributed by atoms with Gasteiger partial charge in [0.25, 0.3) is 0 Å². The normalized spacial score (nSPS) is 15.3. The highest BCUT2D eigenvalue weighted by molar-refractivity contribution is 5.46. The summed E-state index contributed by atoms with van der Waals surface area (Å²) in [6, 6.07) is 25.0. The standard InChI is InChI=1S/C26H30N2O3/c1-29-23-11-8-21(9-12-23)26(28-16-14-27-15-17-28)22-10-13-24(25(18-22)30-2)31-19-20-6-4-3-5-7-20/h3-13,18,26-27H,14-17,19H2,1-2H3. The first-order valence-corrected chi connectivity index (χ1v) is 10.7. The molecule has 1 aliphatic heterocycles. The molecule has 162 valence electrons. The molecule has 0 radical (unpaired) electrons. The molecule has 1 unspecified atom stereocenters. The molecule has 0 bridgehead atoms. The van der Waals surface area contributed by atoms with E-state index in [0.29, 0.717) is 6.61 Å². The van der Waals surface area contributed by atoms with Crippen molar-refractivity contribution < 1.29 is 14.2 Å². The SMILES string of the molecule is COc1ccc(C(c2ccc(OCc3ccccc3)c(OC)c2)N2CCNCC2)cc1. The van der Waals surface area contributed by atoms with E-state index in [1.165, 1.54) is 11.1 Å². The molecule has 1 atom stereocenters. The largest absolute Gasteiger partial charge is 0.497 e. The number of ether oxygens (including phenoxy) is 3. The van der Waals surface area contributed by atoms with Gasteiger partial charge in [-0.1, -0.05) is 48.5 Å². The molecule has 1 saturated heterocycles. The van der Waals surface area contributed by atoms with Crippen LogP contribution in [0.4, 0.5) is 0 Å². The van der Waals surface area contributed by atoms with Gasteiger partial charge in [0.2, 0.25) is 0 Å². The quantitative estimate of drug-likeness (QED) is 0.592. The molecule has 1 heterocycles. The van der Waals surface area contributed by atoms with E-state index in [9.17, 15) is 0 Å². The lowest BCUT2D eigenvalue weighted by atomic mass is 9.96. The highest BCUT2D eigenvalue weighted by atomic mass is 16.5. The molecular weight excluding hydrogens is 388 g/mol. The molecule has 0 saturated carbocycles. The Morgan fingerprint density at radius 2 is 1.52 bits per heavy atom. The Labute approximate surface area is 184 Å². The van der Waals surface area contributed by atoms with E-state index in [-0.39, 0.29) is 6.04 Å². The fourth-order valence-electron chi connectivity index (χ4n) is 4.05. The summed E-state index contributed by atoms with van der Waals surface area (Å²) in [5.74, 6) is 2.37. The van der Waals surface area contributed by atoms with Crippen molar-refractivity contribution in [1.82, 2.24) is 10.2 Å². The molecule has 3 aromatic carbocycles. The lowest BCUT2D eigenvalue weighted by molar-refractivity contribution is 0.198. The third-order valence-corrected chi connectivity index (χ3v) is 5.69. The molecule has 0 spiro atoms. The van der Waals surface area contributed by atoms with Crippen molar-refractivity contribution in [2.75, 3.05) is 40.4 Å². The van der Waals surface area contributed by atoms with Crippen LogP contribution in [0.3, 0.4) is 0 Å². The summed E-state index contributed by atoms with van der Waals surface area (Å²) in [6.07, 6.45) is 0. The summed E-state index contributed by atoms with van der Waals surface area (Å²) in [5, 5.41) is 3.45. The molecule has 5 nitrogen and oxygen atoms in total. The first kappa shape index (κ1) is 21.2. The summed E-state index contributed by atoms with van der Waals surface area (Å²) in [5.41, 5.74) is 3.56. The van der Waals surface area contributed by atoms with E-state index >= 15 is 0 Å². The van der Waals surface area contributed by atoms with Crippen molar-refractivity contribution in [2.45, 2.75) is 12.6 Å². The van der Waals surface area contributed by atoms with Crippen LogP contribution in [0, 0.1) is 0 Å². The number of nitrogens with one attached hydrogen (secondary N) is 1. The molecular formula is C26H30N2O3. The van der Waals surface area contributed by atoms with Crippen molar-refractivity contribution in [3.05, 3.63) is 89.5 Å². The predicted molar refractivity (Wildman–Crippen MR) is 123 cm³/mol. The number of methoxy groups -OCH3 is 2. The lowest BCUT2D eigenvalue weighted by Gasteiger charge is -2.36. The van der Waals surface area contributed by atoms with Gasteiger partial charge in [-0.15, -0.1) is 0 Å². The predicted octanol–water partition coefficient (Wildman–Crippen LogP) is 4.28. The average Bonchev–Trinajstić information content (AvgIpc) is 2.85. The van der Waals surface area contributed by atoms with E-state index in [1.807, 2.05) is 36.4 Å². The summed E-state index contributed by atoms with van der Waals surface area (Å²) < 4.78 is 17.1. The number of nitrogens with zero attached hydrogens (tertiary/aromatic N) is 1. The Morgan fingerprint density at radius 1 is 0.806 bits per heavy atom. The van der Waals surface area contributed by atoms with E-state index in [2.05, 4.69) is 46.6 Å². The van der Waals surface area contributed by atoms with Crippen LogP contribution in [0.5, 0.6) is 17.2 Å². The van der Waals surface area contributed by atoms with Crippen LogP contribution in [-0.2, 0) is 6.61 Å². The lowest BCUT2D eigenvalue weighted by Crippen LogP contribution is -2.45. The molecule has 31 heavy (non-hydrogen) atoms. The van der Waals surface area contributed by atoms with Crippen molar-refractivity contribution in [1.29, 1.82) is 0 Å². The summed E-state index contributed by atoms with van der Waals surface area (Å²) >= 11 is 0. The van der Waals surface area contributed by atoms with Gasteiger partial charge in [0.05, 0.1) is 20.3 Å². The molecule has 4 rings (SSSR count).